The first-order chi connectivity index (χ1) is 5.59. The third-order valence-corrected chi connectivity index (χ3v) is 6.13. The second-order valence-electron chi connectivity index (χ2n) is 5.26. The average Bonchev–Trinajstić information content (AvgIpc) is 1.82. The molecule has 0 aliphatic carbocycles. The van der Waals surface area contributed by atoms with Crippen molar-refractivity contribution in [2.75, 3.05) is 0 Å². The summed E-state index contributed by atoms with van der Waals surface area (Å²) in [6.07, 6.45) is 0. The molecule has 13 heavy (non-hydrogen) atoms. The van der Waals surface area contributed by atoms with E-state index in [0.29, 0.717) is 0 Å². The summed E-state index contributed by atoms with van der Waals surface area (Å²) in [6.45, 7) is 14.3. The number of hydrogen-bond acceptors (Lipinski definition) is 1. The molecule has 0 spiro atoms. The summed E-state index contributed by atoms with van der Waals surface area (Å²) in [5, 5.41) is 3.29. The van der Waals surface area contributed by atoms with Gasteiger partial charge in [-0.3, -0.25) is 5.09 Å². The van der Waals surface area contributed by atoms with E-state index in [-0.39, 0.29) is 16.9 Å². The minimum Gasteiger partial charge on any atom is -0.306 e. The average molecular weight is 205 g/mol. The van der Waals surface area contributed by atoms with E-state index in [2.05, 4.69) is 25.9 Å². The molecule has 0 aliphatic heterocycles. The quantitative estimate of drug-likeness (QED) is 0.715. The van der Waals surface area contributed by atoms with Crippen LogP contribution in [0.5, 0.6) is 0 Å². The topological polar surface area (TPSA) is 29.1 Å². The summed E-state index contributed by atoms with van der Waals surface area (Å²) in [5.41, 5.74) is 0.364. The van der Waals surface area contributed by atoms with E-state index in [1.807, 2.05) is 27.7 Å². The Morgan fingerprint density at radius 3 is 1.38 bits per heavy atom. The lowest BCUT2D eigenvalue weighted by atomic mass is 10.1. The Balaban J connectivity index is 4.74. The molecular weight excluding hydrogens is 181 g/mol. The molecule has 3 heteroatoms. The van der Waals surface area contributed by atoms with Crippen molar-refractivity contribution in [1.82, 2.24) is 5.09 Å². The minimum absolute atomic E-state index is 0.0654. The fourth-order valence-corrected chi connectivity index (χ4v) is 4.14. The lowest BCUT2D eigenvalue weighted by Crippen LogP contribution is -2.37. The van der Waals surface area contributed by atoms with Gasteiger partial charge in [0, 0.05) is 16.9 Å². The molecule has 80 valence electrons. The predicted octanol–water partition coefficient (Wildman–Crippen LogP) is 3.47. The molecule has 0 aromatic rings. The van der Waals surface area contributed by atoms with Crippen LogP contribution in [0.15, 0.2) is 0 Å². The normalized spacial score (nSPS) is 14.2. The second-order valence-corrected chi connectivity index (χ2v) is 8.97. The Bertz CT molecular complexity index is 191. The molecule has 0 aromatic heterocycles. The summed E-state index contributed by atoms with van der Waals surface area (Å²) >= 11 is 0. The Morgan fingerprint density at radius 1 is 1.00 bits per heavy atom. The van der Waals surface area contributed by atoms with Gasteiger partial charge in [0.15, 0.2) is 7.29 Å². The number of nitrogens with one attached hydrogen (secondary N) is 1. The van der Waals surface area contributed by atoms with Gasteiger partial charge in [0.25, 0.3) is 0 Å². The van der Waals surface area contributed by atoms with Crippen molar-refractivity contribution in [3.05, 3.63) is 0 Å². The Kier molecular flexibility index (Phi) is 4.21. The van der Waals surface area contributed by atoms with Gasteiger partial charge >= 0.3 is 0 Å². The zero-order valence-corrected chi connectivity index (χ0v) is 10.9. The van der Waals surface area contributed by atoms with Gasteiger partial charge in [-0.25, -0.2) is 0 Å². The maximum absolute atomic E-state index is 12.5. The molecule has 2 nitrogen and oxygen atoms in total. The fourth-order valence-electron chi connectivity index (χ4n) is 1.38. The van der Waals surface area contributed by atoms with Crippen molar-refractivity contribution in [3.8, 4) is 0 Å². The van der Waals surface area contributed by atoms with Crippen LogP contribution < -0.4 is 5.09 Å². The van der Waals surface area contributed by atoms with Crippen molar-refractivity contribution in [2.45, 2.75) is 65.3 Å². The summed E-state index contributed by atoms with van der Waals surface area (Å²) < 4.78 is 12.5. The highest BCUT2D eigenvalue weighted by molar-refractivity contribution is 7.63. The maximum atomic E-state index is 12.5. The van der Waals surface area contributed by atoms with Crippen LogP contribution in [0.2, 0.25) is 0 Å². The monoisotopic (exact) mass is 205 g/mol. The first-order valence-corrected chi connectivity index (χ1v) is 6.83. The summed E-state index contributed by atoms with van der Waals surface area (Å²) in [4.78, 5) is 0. The molecular formula is C10H24NOP. The molecule has 0 saturated heterocycles. The van der Waals surface area contributed by atoms with Gasteiger partial charge in [0.05, 0.1) is 0 Å². The molecule has 0 saturated carbocycles. The van der Waals surface area contributed by atoms with E-state index in [1.165, 1.54) is 0 Å². The molecule has 0 aliphatic rings. The highest BCUT2D eigenvalue weighted by atomic mass is 31.2. The number of rotatable bonds is 3. The van der Waals surface area contributed by atoms with Gasteiger partial charge in [-0.1, -0.05) is 27.7 Å². The predicted molar refractivity (Wildman–Crippen MR) is 60.8 cm³/mol. The van der Waals surface area contributed by atoms with Gasteiger partial charge in [-0.2, -0.15) is 0 Å². The molecule has 0 atom stereocenters. The first kappa shape index (κ1) is 13.2. The fraction of sp³-hybridized carbons (Fsp3) is 1.00. The third kappa shape index (κ3) is 3.83. The summed E-state index contributed by atoms with van der Waals surface area (Å²) in [7, 11) is -2.23. The molecule has 0 aromatic carbocycles. The Labute approximate surface area is 82.9 Å². The molecule has 0 heterocycles. The van der Waals surface area contributed by atoms with Crippen molar-refractivity contribution >= 4 is 7.29 Å². The second kappa shape index (κ2) is 4.14. The van der Waals surface area contributed by atoms with Crippen molar-refractivity contribution < 1.29 is 4.57 Å². The van der Waals surface area contributed by atoms with Crippen molar-refractivity contribution in [1.29, 1.82) is 0 Å². The van der Waals surface area contributed by atoms with Gasteiger partial charge < -0.3 is 4.57 Å². The van der Waals surface area contributed by atoms with E-state index in [1.54, 1.807) is 0 Å². The number of hydrogen-bond donors (Lipinski definition) is 1. The SMILES string of the molecule is CC(C)P(=O)(NC(C)(C)C)C(C)C. The van der Waals surface area contributed by atoms with E-state index in [9.17, 15) is 4.57 Å². The molecule has 0 radical (unpaired) electrons. The van der Waals surface area contributed by atoms with Gasteiger partial charge in [-0.15, -0.1) is 0 Å². The Hall–Kier alpha value is 0.190. The summed E-state index contributed by atoms with van der Waals surface area (Å²) in [6, 6.07) is 0. The maximum Gasteiger partial charge on any atom is 0.153 e. The van der Waals surface area contributed by atoms with E-state index in [0.717, 1.165) is 0 Å². The lowest BCUT2D eigenvalue weighted by Gasteiger charge is -2.34. The molecule has 0 fully saturated rings. The van der Waals surface area contributed by atoms with E-state index < -0.39 is 7.29 Å². The van der Waals surface area contributed by atoms with Crippen molar-refractivity contribution in [3.63, 3.8) is 0 Å². The van der Waals surface area contributed by atoms with Crippen LogP contribution in [0.4, 0.5) is 0 Å². The van der Waals surface area contributed by atoms with E-state index in [4.69, 9.17) is 0 Å². The van der Waals surface area contributed by atoms with Gasteiger partial charge in [0.1, 0.15) is 0 Å². The summed E-state index contributed by atoms with van der Waals surface area (Å²) in [5.74, 6) is 0. The van der Waals surface area contributed by atoms with E-state index >= 15 is 0 Å². The van der Waals surface area contributed by atoms with Crippen LogP contribution in [0, 0.1) is 0 Å². The van der Waals surface area contributed by atoms with Crippen LogP contribution in [-0.4, -0.2) is 16.9 Å². The zero-order chi connectivity index (χ0) is 10.9. The minimum atomic E-state index is -2.23. The first-order valence-electron chi connectivity index (χ1n) is 4.98. The zero-order valence-electron chi connectivity index (χ0n) is 10.0. The van der Waals surface area contributed by atoms with Gasteiger partial charge in [-0.05, 0) is 20.8 Å². The standard InChI is InChI=1S/C10H24NOP/c1-8(2)13(12,9(3)4)11-10(5,6)7/h8-9H,1-7H3,(H,11,12). The van der Waals surface area contributed by atoms with Crippen LogP contribution in [-0.2, 0) is 4.57 Å². The smallest absolute Gasteiger partial charge is 0.153 e. The molecule has 0 bridgehead atoms. The molecule has 1 N–H and O–H groups in total. The Morgan fingerprint density at radius 2 is 1.31 bits per heavy atom. The largest absolute Gasteiger partial charge is 0.306 e. The van der Waals surface area contributed by atoms with Crippen LogP contribution >= 0.6 is 7.29 Å². The highest BCUT2D eigenvalue weighted by Gasteiger charge is 2.33. The molecule has 0 amide bonds. The lowest BCUT2D eigenvalue weighted by molar-refractivity contribution is 0.479. The molecule has 0 rings (SSSR count). The van der Waals surface area contributed by atoms with Gasteiger partial charge in [0.2, 0.25) is 0 Å². The third-order valence-electron chi connectivity index (χ3n) is 2.04. The van der Waals surface area contributed by atoms with Crippen LogP contribution in [0.1, 0.15) is 48.5 Å². The molecule has 0 unspecified atom stereocenters. The van der Waals surface area contributed by atoms with Crippen LogP contribution in [0.3, 0.4) is 0 Å². The highest BCUT2D eigenvalue weighted by Crippen LogP contribution is 2.52. The van der Waals surface area contributed by atoms with Crippen LogP contribution in [0.25, 0.3) is 0 Å². The van der Waals surface area contributed by atoms with Crippen molar-refractivity contribution in [2.24, 2.45) is 0 Å².